The summed E-state index contributed by atoms with van der Waals surface area (Å²) in [4.78, 5) is 21.8. The van der Waals surface area contributed by atoms with Crippen molar-refractivity contribution in [2.24, 2.45) is 0 Å². The van der Waals surface area contributed by atoms with Gasteiger partial charge in [-0.25, -0.2) is 0 Å². The van der Waals surface area contributed by atoms with Gasteiger partial charge in [0.05, 0.1) is 17.7 Å². The first-order chi connectivity index (χ1) is 9.08. The summed E-state index contributed by atoms with van der Waals surface area (Å²) in [5.41, 5.74) is 0.220. The Bertz CT molecular complexity index is 462. The van der Waals surface area contributed by atoms with Gasteiger partial charge in [0.25, 0.3) is 5.69 Å². The van der Waals surface area contributed by atoms with Gasteiger partial charge in [-0.1, -0.05) is 0 Å². The van der Waals surface area contributed by atoms with E-state index in [4.69, 9.17) is 4.74 Å². The minimum absolute atomic E-state index is 0.0914. The number of amides is 1. The van der Waals surface area contributed by atoms with E-state index in [1.165, 1.54) is 25.3 Å². The zero-order valence-electron chi connectivity index (χ0n) is 10.9. The summed E-state index contributed by atoms with van der Waals surface area (Å²) >= 11 is 0. The van der Waals surface area contributed by atoms with Crippen LogP contribution in [0.4, 0.5) is 11.4 Å². The van der Waals surface area contributed by atoms with Crippen LogP contribution in [-0.2, 0) is 4.79 Å². The lowest BCUT2D eigenvalue weighted by molar-refractivity contribution is -0.384. The van der Waals surface area contributed by atoms with Gasteiger partial charge in [-0.2, -0.15) is 0 Å². The molecule has 0 aliphatic rings. The second-order valence-electron chi connectivity index (χ2n) is 3.90. The minimum Gasteiger partial charge on any atom is -0.495 e. The fourth-order valence-corrected chi connectivity index (χ4v) is 1.55. The second-order valence-corrected chi connectivity index (χ2v) is 3.90. The molecular formula is C12H17N3O4. The third kappa shape index (κ3) is 4.55. The number of rotatable bonds is 7. The molecule has 0 aromatic heterocycles. The van der Waals surface area contributed by atoms with Crippen molar-refractivity contribution >= 4 is 17.3 Å². The maximum absolute atomic E-state index is 11.7. The van der Waals surface area contributed by atoms with Gasteiger partial charge in [-0.15, -0.1) is 0 Å². The maximum Gasteiger partial charge on any atom is 0.271 e. The highest BCUT2D eigenvalue weighted by Gasteiger charge is 2.13. The van der Waals surface area contributed by atoms with Crippen LogP contribution in [0.3, 0.4) is 0 Å². The van der Waals surface area contributed by atoms with Crippen molar-refractivity contribution in [3.63, 3.8) is 0 Å². The highest BCUT2D eigenvalue weighted by molar-refractivity contribution is 5.92. The minimum atomic E-state index is -0.518. The first-order valence-corrected chi connectivity index (χ1v) is 5.85. The van der Waals surface area contributed by atoms with Crippen molar-refractivity contribution in [3.05, 3.63) is 28.3 Å². The van der Waals surface area contributed by atoms with Gasteiger partial charge in [0.1, 0.15) is 5.75 Å². The molecule has 7 nitrogen and oxygen atoms in total. The summed E-state index contributed by atoms with van der Waals surface area (Å²) < 4.78 is 5.06. The number of carbonyl (C=O) groups is 1. The fraction of sp³-hybridized carbons (Fsp3) is 0.417. The third-order valence-corrected chi connectivity index (χ3v) is 2.50. The van der Waals surface area contributed by atoms with E-state index < -0.39 is 4.92 Å². The Morgan fingerprint density at radius 1 is 1.47 bits per heavy atom. The van der Waals surface area contributed by atoms with E-state index in [-0.39, 0.29) is 11.6 Å². The molecular weight excluding hydrogens is 250 g/mol. The molecule has 0 saturated carbocycles. The Balaban J connectivity index is 2.77. The number of hydrogen-bond acceptors (Lipinski definition) is 5. The number of nitro groups is 1. The summed E-state index contributed by atoms with van der Waals surface area (Å²) in [6.45, 7) is 0.736. The molecule has 0 bridgehead atoms. The summed E-state index contributed by atoms with van der Waals surface area (Å²) in [5, 5.41) is 16.3. The van der Waals surface area contributed by atoms with E-state index >= 15 is 0 Å². The number of hydrogen-bond donors (Lipinski definition) is 2. The summed E-state index contributed by atoms with van der Waals surface area (Å²) in [6.07, 6.45) is 1.03. The highest BCUT2D eigenvalue weighted by Crippen LogP contribution is 2.28. The van der Waals surface area contributed by atoms with Gasteiger partial charge >= 0.3 is 0 Å². The Kier molecular flexibility index (Phi) is 5.74. The summed E-state index contributed by atoms with van der Waals surface area (Å²) in [5.74, 6) is 0.196. The molecule has 1 rings (SSSR count). The molecule has 1 amide bonds. The van der Waals surface area contributed by atoms with Crippen molar-refractivity contribution in [1.82, 2.24) is 5.32 Å². The van der Waals surface area contributed by atoms with Crippen LogP contribution in [-0.4, -0.2) is 31.5 Å². The van der Waals surface area contributed by atoms with Crippen molar-refractivity contribution in [3.8, 4) is 5.75 Å². The molecule has 1 aromatic carbocycles. The van der Waals surface area contributed by atoms with E-state index in [2.05, 4.69) is 10.6 Å². The Morgan fingerprint density at radius 2 is 2.21 bits per heavy atom. The highest BCUT2D eigenvalue weighted by atomic mass is 16.6. The first kappa shape index (κ1) is 14.9. The smallest absolute Gasteiger partial charge is 0.271 e. The lowest BCUT2D eigenvalue weighted by atomic mass is 10.2. The normalized spacial score (nSPS) is 10.0. The van der Waals surface area contributed by atoms with Crippen molar-refractivity contribution < 1.29 is 14.5 Å². The van der Waals surface area contributed by atoms with Gasteiger partial charge in [0.2, 0.25) is 5.91 Å². The molecule has 0 heterocycles. The van der Waals surface area contributed by atoms with Crippen LogP contribution in [0.1, 0.15) is 12.8 Å². The molecule has 0 spiro atoms. The number of anilines is 1. The number of methoxy groups -OCH3 is 1. The lowest BCUT2D eigenvalue weighted by Crippen LogP contribution is -2.15. The van der Waals surface area contributed by atoms with Crippen LogP contribution in [0, 0.1) is 10.1 Å². The molecule has 0 aliphatic heterocycles. The summed E-state index contributed by atoms with van der Waals surface area (Å²) in [6, 6.07) is 4.08. The van der Waals surface area contributed by atoms with Gasteiger partial charge in [0, 0.05) is 18.6 Å². The molecule has 7 heteroatoms. The van der Waals surface area contributed by atoms with Gasteiger partial charge in [-0.05, 0) is 26.1 Å². The zero-order valence-corrected chi connectivity index (χ0v) is 10.9. The number of non-ortho nitro benzene ring substituents is 1. The molecule has 0 fully saturated rings. The largest absolute Gasteiger partial charge is 0.495 e. The maximum atomic E-state index is 11.7. The Morgan fingerprint density at radius 3 is 2.79 bits per heavy atom. The van der Waals surface area contributed by atoms with Crippen molar-refractivity contribution in [2.75, 3.05) is 26.0 Å². The SMILES string of the molecule is CNCCCC(=O)Nc1cc([N+](=O)[O-])ccc1OC. The zero-order chi connectivity index (χ0) is 14.3. The van der Waals surface area contributed by atoms with Crippen LogP contribution >= 0.6 is 0 Å². The molecule has 19 heavy (non-hydrogen) atoms. The van der Waals surface area contributed by atoms with E-state index in [9.17, 15) is 14.9 Å². The van der Waals surface area contributed by atoms with Crippen LogP contribution in [0.5, 0.6) is 5.75 Å². The fourth-order valence-electron chi connectivity index (χ4n) is 1.55. The Hall–Kier alpha value is -2.15. The Labute approximate surface area is 111 Å². The number of nitrogens with zero attached hydrogens (tertiary/aromatic N) is 1. The molecule has 104 valence electrons. The van der Waals surface area contributed by atoms with Gasteiger partial charge in [0.15, 0.2) is 0 Å². The molecule has 0 saturated heterocycles. The molecule has 0 unspecified atom stereocenters. The van der Waals surface area contributed by atoms with E-state index in [1.807, 2.05) is 7.05 Å². The van der Waals surface area contributed by atoms with Crippen molar-refractivity contribution in [1.29, 1.82) is 0 Å². The molecule has 1 aromatic rings. The number of ether oxygens (including phenoxy) is 1. The molecule has 2 N–H and O–H groups in total. The van der Waals surface area contributed by atoms with E-state index in [0.29, 0.717) is 24.3 Å². The molecule has 0 aliphatic carbocycles. The van der Waals surface area contributed by atoms with Crippen LogP contribution < -0.4 is 15.4 Å². The topological polar surface area (TPSA) is 93.5 Å². The summed E-state index contributed by atoms with van der Waals surface area (Å²) in [7, 11) is 3.25. The number of nitrogens with one attached hydrogen (secondary N) is 2. The average molecular weight is 267 g/mol. The van der Waals surface area contributed by atoms with Crippen LogP contribution in [0.2, 0.25) is 0 Å². The number of nitro benzene ring substituents is 1. The lowest BCUT2D eigenvalue weighted by Gasteiger charge is -2.09. The molecule has 0 atom stereocenters. The van der Waals surface area contributed by atoms with E-state index in [1.54, 1.807) is 0 Å². The predicted octanol–water partition coefficient (Wildman–Crippen LogP) is 1.54. The number of benzene rings is 1. The predicted molar refractivity (Wildman–Crippen MR) is 71.4 cm³/mol. The average Bonchev–Trinajstić information content (AvgIpc) is 2.38. The molecule has 0 radical (unpaired) electrons. The van der Waals surface area contributed by atoms with Crippen LogP contribution in [0.25, 0.3) is 0 Å². The van der Waals surface area contributed by atoms with E-state index in [0.717, 1.165) is 6.54 Å². The number of carbonyl (C=O) groups excluding carboxylic acids is 1. The first-order valence-electron chi connectivity index (χ1n) is 5.85. The quantitative estimate of drug-likeness (QED) is 0.444. The standard InChI is InChI=1S/C12H17N3O4/c1-13-7-3-4-12(16)14-10-8-9(15(17)18)5-6-11(10)19-2/h5-6,8,13H,3-4,7H2,1-2H3,(H,14,16). The van der Waals surface area contributed by atoms with Crippen molar-refractivity contribution in [2.45, 2.75) is 12.8 Å². The monoisotopic (exact) mass is 267 g/mol. The second kappa shape index (κ2) is 7.32. The van der Waals surface area contributed by atoms with Gasteiger partial charge in [-0.3, -0.25) is 14.9 Å². The third-order valence-electron chi connectivity index (χ3n) is 2.50. The van der Waals surface area contributed by atoms with Gasteiger partial charge < -0.3 is 15.4 Å². The van der Waals surface area contributed by atoms with Crippen LogP contribution in [0.15, 0.2) is 18.2 Å².